The van der Waals surface area contributed by atoms with Gasteiger partial charge < -0.3 is 11.5 Å². The lowest BCUT2D eigenvalue weighted by atomic mass is 10.0. The first-order valence-corrected chi connectivity index (χ1v) is 6.66. The van der Waals surface area contributed by atoms with Gasteiger partial charge in [-0.15, -0.1) is 0 Å². The minimum Gasteiger partial charge on any atom is -0.399 e. The highest BCUT2D eigenvalue weighted by molar-refractivity contribution is 5.96. The van der Waals surface area contributed by atoms with Crippen LogP contribution in [0.4, 0.5) is 10.5 Å². The third-order valence-corrected chi connectivity index (χ3v) is 3.63. The number of hydrogen-bond donors (Lipinski definition) is 3. The molecule has 2 heterocycles. The number of quaternary nitrogens is 1. The first-order chi connectivity index (χ1) is 10.8. The second kappa shape index (κ2) is 5.00. The van der Waals surface area contributed by atoms with Crippen molar-refractivity contribution in [2.45, 2.75) is 12.3 Å². The van der Waals surface area contributed by atoms with E-state index in [0.717, 1.165) is 5.39 Å². The Bertz CT molecular complexity index is 852. The molecule has 1 aliphatic rings. The summed E-state index contributed by atoms with van der Waals surface area (Å²) in [4.78, 5) is 41.4. The summed E-state index contributed by atoms with van der Waals surface area (Å²) in [6.07, 6.45) is -1.78. The van der Waals surface area contributed by atoms with Gasteiger partial charge in [-0.05, 0) is 24.3 Å². The Labute approximate surface area is 129 Å². The summed E-state index contributed by atoms with van der Waals surface area (Å²) in [6.45, 7) is 0. The lowest BCUT2D eigenvalue weighted by Crippen LogP contribution is -2.52. The summed E-state index contributed by atoms with van der Waals surface area (Å²) in [5.74, 6) is -3.04. The maximum Gasteiger partial charge on any atom is 0.465 e. The molecule has 2 unspecified atom stereocenters. The molecule has 9 heteroatoms. The zero-order valence-corrected chi connectivity index (χ0v) is 11.8. The van der Waals surface area contributed by atoms with Gasteiger partial charge in [-0.1, -0.05) is 6.07 Å². The van der Waals surface area contributed by atoms with Gasteiger partial charge in [-0.25, -0.2) is 19.2 Å². The summed E-state index contributed by atoms with van der Waals surface area (Å²) in [5.41, 5.74) is 11.9. The highest BCUT2D eigenvalue weighted by Gasteiger charge is 2.62. The lowest BCUT2D eigenvalue weighted by molar-refractivity contribution is -1.12. The molecule has 1 fully saturated rings. The Morgan fingerprint density at radius 1 is 1.30 bits per heavy atom. The zero-order chi connectivity index (χ0) is 16.8. The van der Waals surface area contributed by atoms with Crippen molar-refractivity contribution >= 4 is 34.5 Å². The van der Waals surface area contributed by atoms with Crippen LogP contribution >= 0.6 is 0 Å². The van der Waals surface area contributed by atoms with E-state index in [-0.39, 0.29) is 12.1 Å². The number of benzene rings is 1. The normalized spacial score (nSPS) is 24.1. The van der Waals surface area contributed by atoms with Crippen LogP contribution in [0.25, 0.3) is 10.9 Å². The molecule has 0 aliphatic carbocycles. The van der Waals surface area contributed by atoms with E-state index in [4.69, 9.17) is 11.5 Å². The van der Waals surface area contributed by atoms with Gasteiger partial charge in [0.05, 0.1) is 17.6 Å². The number of primary amides is 1. The molecular formula is C14H13N4O5+. The van der Waals surface area contributed by atoms with Gasteiger partial charge in [0.2, 0.25) is 0 Å². The average Bonchev–Trinajstić information content (AvgIpc) is 2.70. The summed E-state index contributed by atoms with van der Waals surface area (Å²) in [5, 5.41) is 10.7. The Hall–Kier alpha value is -3.04. The number of nitrogens with zero attached hydrogens (tertiary/aromatic N) is 2. The van der Waals surface area contributed by atoms with Crippen molar-refractivity contribution in [2.24, 2.45) is 5.73 Å². The van der Waals surface area contributed by atoms with Gasteiger partial charge in [0.15, 0.2) is 0 Å². The van der Waals surface area contributed by atoms with Gasteiger partial charge >= 0.3 is 17.9 Å². The number of amides is 3. The Balaban J connectivity index is 1.99. The molecule has 1 aliphatic heterocycles. The second-order valence-electron chi connectivity index (χ2n) is 5.16. The standard InChI is InChI=1S/C14H12N4O5/c15-8-2-4-10-7(5-8)1-3-11(17-10)9-6-12(19)18(22,13(9)20)23-14(16)21/h1-5,9,22H,6,15H2,(H-,16,21)/p+1. The Morgan fingerprint density at radius 2 is 2.04 bits per heavy atom. The predicted molar refractivity (Wildman–Crippen MR) is 76.2 cm³/mol. The van der Waals surface area contributed by atoms with E-state index in [1.165, 1.54) is 0 Å². The molecule has 0 bridgehead atoms. The van der Waals surface area contributed by atoms with Crippen molar-refractivity contribution in [3.63, 3.8) is 0 Å². The van der Waals surface area contributed by atoms with Crippen LogP contribution in [-0.2, 0) is 14.4 Å². The number of carbonyl (C=O) groups is 3. The Morgan fingerprint density at radius 3 is 2.74 bits per heavy atom. The van der Waals surface area contributed by atoms with E-state index in [2.05, 4.69) is 9.82 Å². The molecule has 3 rings (SSSR count). The molecule has 9 nitrogen and oxygen atoms in total. The first-order valence-electron chi connectivity index (χ1n) is 6.66. The van der Waals surface area contributed by atoms with Gasteiger partial charge in [-0.2, -0.15) is 5.21 Å². The van der Waals surface area contributed by atoms with E-state index >= 15 is 0 Å². The number of rotatable bonds is 2. The van der Waals surface area contributed by atoms with E-state index in [9.17, 15) is 19.6 Å². The molecule has 1 aromatic carbocycles. The molecule has 0 saturated carbocycles. The van der Waals surface area contributed by atoms with Crippen molar-refractivity contribution in [2.75, 3.05) is 5.73 Å². The van der Waals surface area contributed by atoms with Crippen LogP contribution in [0, 0.1) is 0 Å². The molecular weight excluding hydrogens is 304 g/mol. The van der Waals surface area contributed by atoms with Crippen LogP contribution < -0.4 is 11.5 Å². The third-order valence-electron chi connectivity index (χ3n) is 3.63. The number of pyridine rings is 1. The minimum absolute atomic E-state index is 0.280. The monoisotopic (exact) mass is 317 g/mol. The molecule has 1 aromatic heterocycles. The van der Waals surface area contributed by atoms with Gasteiger partial charge in [0, 0.05) is 11.1 Å². The fourth-order valence-corrected chi connectivity index (χ4v) is 2.53. The number of nitrogens with two attached hydrogens (primary N) is 2. The van der Waals surface area contributed by atoms with Crippen molar-refractivity contribution in [3.8, 4) is 0 Å². The smallest absolute Gasteiger partial charge is 0.399 e. The molecule has 5 N–H and O–H groups in total. The van der Waals surface area contributed by atoms with E-state index in [1.807, 2.05) is 0 Å². The van der Waals surface area contributed by atoms with Crippen LogP contribution in [0.5, 0.6) is 0 Å². The highest BCUT2D eigenvalue weighted by Crippen LogP contribution is 2.34. The molecule has 1 saturated heterocycles. The van der Waals surface area contributed by atoms with E-state index < -0.39 is 28.6 Å². The SMILES string of the molecule is NC(=O)O[N+]1(O)C(=O)CC(c2ccc3cc(N)ccc3n2)C1=O. The zero-order valence-electron chi connectivity index (χ0n) is 11.8. The highest BCUT2D eigenvalue weighted by atomic mass is 17.0. The molecule has 3 amide bonds. The predicted octanol–water partition coefficient (Wildman–Crippen LogP) is 0.574. The summed E-state index contributed by atoms with van der Waals surface area (Å²) in [7, 11) is 0. The maximum absolute atomic E-state index is 12.3. The van der Waals surface area contributed by atoms with Crippen molar-refractivity contribution < 1.29 is 29.2 Å². The number of anilines is 1. The van der Waals surface area contributed by atoms with E-state index in [1.54, 1.807) is 30.3 Å². The summed E-state index contributed by atoms with van der Waals surface area (Å²) in [6, 6.07) is 8.30. The quantitative estimate of drug-likeness (QED) is 0.317. The number of hydroxylamine groups is 4. The van der Waals surface area contributed by atoms with Crippen molar-refractivity contribution in [1.82, 2.24) is 4.98 Å². The molecule has 23 heavy (non-hydrogen) atoms. The molecule has 2 atom stereocenters. The van der Waals surface area contributed by atoms with E-state index in [0.29, 0.717) is 11.2 Å². The van der Waals surface area contributed by atoms with Crippen LogP contribution in [0.15, 0.2) is 30.3 Å². The second-order valence-corrected chi connectivity index (χ2v) is 5.16. The van der Waals surface area contributed by atoms with Crippen LogP contribution in [0.3, 0.4) is 0 Å². The number of aromatic nitrogens is 1. The average molecular weight is 317 g/mol. The topological polar surface area (TPSA) is 146 Å². The van der Waals surface area contributed by atoms with Gasteiger partial charge in [-0.3, -0.25) is 4.98 Å². The number of carbonyl (C=O) groups excluding carboxylic acids is 3. The van der Waals surface area contributed by atoms with Crippen molar-refractivity contribution in [1.29, 1.82) is 0 Å². The fraction of sp³-hybridized carbons (Fsp3) is 0.143. The molecule has 0 spiro atoms. The third kappa shape index (κ3) is 2.37. The fourth-order valence-electron chi connectivity index (χ4n) is 2.53. The molecule has 2 aromatic rings. The maximum atomic E-state index is 12.3. The first kappa shape index (κ1) is 14.9. The lowest BCUT2D eigenvalue weighted by Gasteiger charge is -2.14. The van der Waals surface area contributed by atoms with Crippen LogP contribution in [0.2, 0.25) is 0 Å². The number of fused-ring (bicyclic) bond motifs is 1. The largest absolute Gasteiger partial charge is 0.465 e. The number of hydrogen-bond acceptors (Lipinski definition) is 7. The number of nitrogen functional groups attached to an aromatic ring is 1. The molecule has 118 valence electrons. The summed E-state index contributed by atoms with van der Waals surface area (Å²) >= 11 is 0. The minimum atomic E-state index is -2.10. The van der Waals surface area contributed by atoms with Gasteiger partial charge in [0.1, 0.15) is 10.7 Å². The van der Waals surface area contributed by atoms with Crippen LogP contribution in [0.1, 0.15) is 18.0 Å². The van der Waals surface area contributed by atoms with Gasteiger partial charge in [0.25, 0.3) is 0 Å². The molecule has 0 radical (unpaired) electrons. The Kier molecular flexibility index (Phi) is 3.24. The van der Waals surface area contributed by atoms with Crippen LogP contribution in [-0.4, -0.2) is 32.9 Å². The number of imide groups is 1. The summed E-state index contributed by atoms with van der Waals surface area (Å²) < 4.78 is 0. The van der Waals surface area contributed by atoms with Crippen molar-refractivity contribution in [3.05, 3.63) is 36.0 Å².